The largest absolute Gasteiger partial charge is 0.493 e. The highest BCUT2D eigenvalue weighted by Crippen LogP contribution is 2.32. The molecule has 0 unspecified atom stereocenters. The zero-order chi connectivity index (χ0) is 27.5. The number of nitrogens with zero attached hydrogens (tertiary/aromatic N) is 2. The number of halogens is 3. The van der Waals surface area contributed by atoms with Crippen LogP contribution < -0.4 is 14.5 Å². The lowest BCUT2D eigenvalue weighted by Crippen LogP contribution is -2.31. The average Bonchev–Trinajstić information content (AvgIpc) is 2.91. The van der Waals surface area contributed by atoms with Crippen LogP contribution in [0.15, 0.2) is 84.0 Å². The van der Waals surface area contributed by atoms with E-state index in [0.29, 0.717) is 17.1 Å². The van der Waals surface area contributed by atoms with E-state index in [1.165, 1.54) is 19.4 Å². The summed E-state index contributed by atoms with van der Waals surface area (Å²) in [7, 11) is 1.46. The maximum absolute atomic E-state index is 13.2. The number of amides is 1. The van der Waals surface area contributed by atoms with E-state index in [4.69, 9.17) is 14.2 Å². The maximum atomic E-state index is 13.2. The molecule has 0 aliphatic heterocycles. The second-order valence-corrected chi connectivity index (χ2v) is 7.77. The second-order valence-electron chi connectivity index (χ2n) is 7.77. The third kappa shape index (κ3) is 7.95. The molecule has 3 aromatic carbocycles. The standard InChI is InChI=1S/C28H25F3N2O5/c1-3-8-20-13-14-24(25(15-20)36-2)37-19-27(35)38-18-26(34)33(32-17-21-9-5-4-6-10-21)23-12-7-11-22(16-23)28(29,30)31/h3-17H,18-19H2,1-2H3/b8-3+,32-17-. The van der Waals surface area contributed by atoms with Gasteiger partial charge in [0.05, 0.1) is 24.6 Å². The Kier molecular flexibility index (Phi) is 9.64. The number of ether oxygens (including phenoxy) is 3. The summed E-state index contributed by atoms with van der Waals surface area (Å²) in [4.78, 5) is 25.1. The van der Waals surface area contributed by atoms with Gasteiger partial charge in [0.25, 0.3) is 5.91 Å². The maximum Gasteiger partial charge on any atom is 0.416 e. The molecule has 0 radical (unpaired) electrons. The van der Waals surface area contributed by atoms with Crippen molar-refractivity contribution in [3.63, 3.8) is 0 Å². The van der Waals surface area contributed by atoms with E-state index in [9.17, 15) is 22.8 Å². The van der Waals surface area contributed by atoms with Gasteiger partial charge in [0.1, 0.15) is 0 Å². The summed E-state index contributed by atoms with van der Waals surface area (Å²) in [5, 5.41) is 4.80. The Labute approximate surface area is 217 Å². The molecule has 0 atom stereocenters. The molecular formula is C28H25F3N2O5. The number of anilines is 1. The number of carbonyl (C=O) groups excluding carboxylic acids is 2. The molecule has 0 bridgehead atoms. The molecule has 198 valence electrons. The van der Waals surface area contributed by atoms with E-state index < -0.39 is 36.8 Å². The first-order chi connectivity index (χ1) is 18.2. The topological polar surface area (TPSA) is 77.4 Å². The number of benzene rings is 3. The summed E-state index contributed by atoms with van der Waals surface area (Å²) in [6.07, 6.45) is 0.412. The van der Waals surface area contributed by atoms with Gasteiger partial charge in [-0.15, -0.1) is 0 Å². The Bertz CT molecular complexity index is 1310. The van der Waals surface area contributed by atoms with Gasteiger partial charge in [-0.05, 0) is 48.4 Å². The number of carbonyl (C=O) groups is 2. The summed E-state index contributed by atoms with van der Waals surface area (Å²) >= 11 is 0. The number of alkyl halides is 3. The van der Waals surface area contributed by atoms with Crippen LogP contribution in [-0.2, 0) is 20.5 Å². The van der Waals surface area contributed by atoms with Crippen LogP contribution in [0.25, 0.3) is 6.08 Å². The zero-order valence-electron chi connectivity index (χ0n) is 20.6. The molecule has 3 rings (SSSR count). The Balaban J connectivity index is 1.70. The fraction of sp³-hybridized carbons (Fsp3) is 0.179. The van der Waals surface area contributed by atoms with Gasteiger partial charge < -0.3 is 14.2 Å². The molecule has 1 amide bonds. The minimum Gasteiger partial charge on any atom is -0.493 e. The number of methoxy groups -OCH3 is 1. The molecule has 10 heteroatoms. The first kappa shape index (κ1) is 28.0. The monoisotopic (exact) mass is 526 g/mol. The number of hydrazone groups is 1. The smallest absolute Gasteiger partial charge is 0.416 e. The minimum absolute atomic E-state index is 0.143. The quantitative estimate of drug-likeness (QED) is 0.191. The third-order valence-electron chi connectivity index (χ3n) is 5.03. The zero-order valence-corrected chi connectivity index (χ0v) is 20.6. The first-order valence-corrected chi connectivity index (χ1v) is 11.4. The predicted octanol–water partition coefficient (Wildman–Crippen LogP) is 5.74. The van der Waals surface area contributed by atoms with Crippen LogP contribution >= 0.6 is 0 Å². The van der Waals surface area contributed by atoms with Crippen molar-refractivity contribution in [2.75, 3.05) is 25.3 Å². The van der Waals surface area contributed by atoms with Gasteiger partial charge in [-0.2, -0.15) is 23.3 Å². The van der Waals surface area contributed by atoms with Gasteiger partial charge in [0, 0.05) is 0 Å². The lowest BCUT2D eigenvalue weighted by atomic mass is 10.2. The summed E-state index contributed by atoms with van der Waals surface area (Å²) in [6, 6.07) is 17.9. The van der Waals surface area contributed by atoms with Crippen molar-refractivity contribution in [2.24, 2.45) is 5.10 Å². The van der Waals surface area contributed by atoms with Crippen molar-refractivity contribution in [1.29, 1.82) is 0 Å². The molecule has 0 saturated heterocycles. The third-order valence-corrected chi connectivity index (χ3v) is 5.03. The lowest BCUT2D eigenvalue weighted by molar-refractivity contribution is -0.149. The fourth-order valence-electron chi connectivity index (χ4n) is 3.23. The molecule has 0 fully saturated rings. The fourth-order valence-corrected chi connectivity index (χ4v) is 3.23. The molecule has 3 aromatic rings. The summed E-state index contributed by atoms with van der Waals surface area (Å²) < 4.78 is 55.5. The number of hydrogen-bond acceptors (Lipinski definition) is 6. The van der Waals surface area contributed by atoms with E-state index in [1.54, 1.807) is 48.5 Å². The Morgan fingerprint density at radius 3 is 2.37 bits per heavy atom. The minimum atomic E-state index is -4.62. The van der Waals surface area contributed by atoms with Crippen LogP contribution in [0.1, 0.15) is 23.6 Å². The van der Waals surface area contributed by atoms with Crippen molar-refractivity contribution in [2.45, 2.75) is 13.1 Å². The number of esters is 1. The Morgan fingerprint density at radius 1 is 0.921 bits per heavy atom. The highest BCUT2D eigenvalue weighted by molar-refractivity contribution is 5.96. The van der Waals surface area contributed by atoms with E-state index in [0.717, 1.165) is 28.8 Å². The Hall–Kier alpha value is -4.60. The Morgan fingerprint density at radius 2 is 1.68 bits per heavy atom. The molecule has 38 heavy (non-hydrogen) atoms. The van der Waals surface area contributed by atoms with Crippen molar-refractivity contribution in [3.05, 3.63) is 95.6 Å². The SMILES string of the molecule is C/C=C/c1ccc(OCC(=O)OCC(=O)N(/N=C\c2ccccc2)c2cccc(C(F)(F)F)c2)c(OC)c1. The van der Waals surface area contributed by atoms with Crippen LogP contribution in [-0.4, -0.2) is 38.4 Å². The molecule has 0 spiro atoms. The number of allylic oxidation sites excluding steroid dienone is 1. The molecule has 0 saturated carbocycles. The van der Waals surface area contributed by atoms with Crippen molar-refractivity contribution < 1.29 is 37.0 Å². The van der Waals surface area contributed by atoms with Crippen LogP contribution in [0, 0.1) is 0 Å². The highest BCUT2D eigenvalue weighted by atomic mass is 19.4. The predicted molar refractivity (Wildman–Crippen MR) is 137 cm³/mol. The van der Waals surface area contributed by atoms with Gasteiger partial charge in [0.2, 0.25) is 0 Å². The van der Waals surface area contributed by atoms with E-state index in [1.807, 2.05) is 19.1 Å². The van der Waals surface area contributed by atoms with E-state index in [-0.39, 0.29) is 5.69 Å². The van der Waals surface area contributed by atoms with Gasteiger partial charge in [-0.1, -0.05) is 54.6 Å². The average molecular weight is 527 g/mol. The van der Waals surface area contributed by atoms with Crippen LogP contribution in [0.3, 0.4) is 0 Å². The van der Waals surface area contributed by atoms with Crippen molar-refractivity contribution >= 4 is 29.9 Å². The van der Waals surface area contributed by atoms with Gasteiger partial charge in [0.15, 0.2) is 24.7 Å². The number of hydrogen-bond donors (Lipinski definition) is 0. The van der Waals surface area contributed by atoms with Gasteiger partial charge in [-0.25, -0.2) is 4.79 Å². The van der Waals surface area contributed by atoms with Crippen LogP contribution in [0.2, 0.25) is 0 Å². The number of rotatable bonds is 10. The summed E-state index contributed by atoms with van der Waals surface area (Å²) in [6.45, 7) is 0.570. The van der Waals surface area contributed by atoms with Crippen molar-refractivity contribution in [1.82, 2.24) is 0 Å². The first-order valence-electron chi connectivity index (χ1n) is 11.4. The molecule has 0 aliphatic rings. The molecule has 7 nitrogen and oxygen atoms in total. The molecule has 0 aromatic heterocycles. The molecule has 0 aliphatic carbocycles. The van der Waals surface area contributed by atoms with Crippen LogP contribution in [0.5, 0.6) is 11.5 Å². The highest BCUT2D eigenvalue weighted by Gasteiger charge is 2.31. The second kappa shape index (κ2) is 13.1. The normalized spacial score (nSPS) is 11.5. The summed E-state index contributed by atoms with van der Waals surface area (Å²) in [5.74, 6) is -1.04. The summed E-state index contributed by atoms with van der Waals surface area (Å²) in [5.41, 5.74) is 0.380. The van der Waals surface area contributed by atoms with Gasteiger partial charge >= 0.3 is 12.1 Å². The lowest BCUT2D eigenvalue weighted by Gasteiger charge is -2.19. The molecular weight excluding hydrogens is 501 g/mol. The van der Waals surface area contributed by atoms with Crippen LogP contribution in [0.4, 0.5) is 18.9 Å². The van der Waals surface area contributed by atoms with Gasteiger partial charge in [-0.3, -0.25) is 4.79 Å². The molecule has 0 N–H and O–H groups in total. The van der Waals surface area contributed by atoms with E-state index in [2.05, 4.69) is 5.10 Å². The molecule has 0 heterocycles. The van der Waals surface area contributed by atoms with Crippen molar-refractivity contribution in [3.8, 4) is 11.5 Å². The van der Waals surface area contributed by atoms with E-state index >= 15 is 0 Å².